The maximum Gasteiger partial charge on any atom is 0.416 e. The number of carbonyl (C=O) groups is 1. The van der Waals surface area contributed by atoms with E-state index in [-0.39, 0.29) is 6.54 Å². The van der Waals surface area contributed by atoms with Crippen molar-refractivity contribution in [2.24, 2.45) is 0 Å². The molecular weight excluding hydrogens is 471 g/mol. The number of alkyl halides is 3. The van der Waals surface area contributed by atoms with E-state index in [1.807, 2.05) is 46.8 Å². The van der Waals surface area contributed by atoms with Gasteiger partial charge >= 0.3 is 12.3 Å². The van der Waals surface area contributed by atoms with Crippen LogP contribution in [-0.2, 0) is 17.5 Å². The molecule has 0 bridgehead atoms. The molecule has 0 aliphatic heterocycles. The van der Waals surface area contributed by atoms with Gasteiger partial charge in [-0.25, -0.2) is 4.79 Å². The van der Waals surface area contributed by atoms with Gasteiger partial charge in [0.2, 0.25) is 0 Å². The maximum absolute atomic E-state index is 12.8. The third-order valence-electron chi connectivity index (χ3n) is 3.70. The van der Waals surface area contributed by atoms with Crippen LogP contribution >= 0.6 is 15.9 Å². The second-order valence-electron chi connectivity index (χ2n) is 7.19. The van der Waals surface area contributed by atoms with Crippen LogP contribution in [0.1, 0.15) is 65.2 Å². The number of ether oxygens (including phenoxy) is 1. The first-order chi connectivity index (χ1) is 14.4. The van der Waals surface area contributed by atoms with E-state index in [2.05, 4.69) is 15.9 Å². The number of nitrogens with zero attached hydrogens (tertiary/aromatic N) is 1. The van der Waals surface area contributed by atoms with E-state index < -0.39 is 23.4 Å². The molecule has 0 heterocycles. The van der Waals surface area contributed by atoms with Crippen molar-refractivity contribution in [1.82, 2.24) is 0 Å². The molecule has 3 nitrogen and oxygen atoms in total. The minimum Gasteiger partial charge on any atom is -0.443 e. The summed E-state index contributed by atoms with van der Waals surface area (Å²) in [6.07, 6.45) is -4.96. The molecule has 0 unspecified atom stereocenters. The summed E-state index contributed by atoms with van der Waals surface area (Å²) in [5, 5.41) is 0. The largest absolute Gasteiger partial charge is 0.443 e. The summed E-state index contributed by atoms with van der Waals surface area (Å²) in [5.74, 6) is 0. The minimum atomic E-state index is -4.40. The molecule has 0 radical (unpaired) electrons. The summed E-state index contributed by atoms with van der Waals surface area (Å²) >= 11 is 3.39. The van der Waals surface area contributed by atoms with Crippen LogP contribution in [0.2, 0.25) is 0 Å². The number of benzene rings is 2. The first kappa shape index (κ1) is 29.0. The third-order valence-corrected chi connectivity index (χ3v) is 4.19. The number of rotatable bonds is 3. The van der Waals surface area contributed by atoms with Gasteiger partial charge in [0.1, 0.15) is 5.60 Å². The van der Waals surface area contributed by atoms with Gasteiger partial charge in [0.25, 0.3) is 0 Å². The molecule has 0 N–H and O–H groups in total. The molecule has 0 saturated heterocycles. The fourth-order valence-electron chi connectivity index (χ4n) is 2.42. The van der Waals surface area contributed by atoms with E-state index in [1.54, 1.807) is 26.8 Å². The standard InChI is InChI=1S/C20H21BrF3NO2.2C2H6/c1-13-5-10-16(21)11-17(13)25(18(26)27-19(2,3)4)12-14-6-8-15(9-7-14)20(22,23)24;2*1-2/h5-11H,12H2,1-4H3;2*1-2H3. The second kappa shape index (κ2) is 12.7. The zero-order valence-electron chi connectivity index (χ0n) is 19.5. The minimum absolute atomic E-state index is 0.0876. The van der Waals surface area contributed by atoms with E-state index in [1.165, 1.54) is 17.0 Å². The van der Waals surface area contributed by atoms with Crippen LogP contribution in [0.5, 0.6) is 0 Å². The Morgan fingerprint density at radius 3 is 1.94 bits per heavy atom. The Hall–Kier alpha value is -2.02. The molecule has 2 aromatic rings. The van der Waals surface area contributed by atoms with Gasteiger partial charge in [-0.1, -0.05) is 61.8 Å². The van der Waals surface area contributed by atoms with Gasteiger partial charge in [-0.05, 0) is 63.1 Å². The lowest BCUT2D eigenvalue weighted by Crippen LogP contribution is -2.37. The average Bonchev–Trinajstić information content (AvgIpc) is 2.69. The highest BCUT2D eigenvalue weighted by atomic mass is 79.9. The van der Waals surface area contributed by atoms with Crippen molar-refractivity contribution in [2.75, 3.05) is 4.90 Å². The molecule has 0 aliphatic rings. The number of amides is 1. The molecule has 0 saturated carbocycles. The lowest BCUT2D eigenvalue weighted by Gasteiger charge is -2.28. The van der Waals surface area contributed by atoms with E-state index in [0.717, 1.165) is 22.2 Å². The molecule has 2 aromatic carbocycles. The molecular formula is C24H33BrF3NO2. The van der Waals surface area contributed by atoms with Gasteiger partial charge in [0.05, 0.1) is 17.8 Å². The van der Waals surface area contributed by atoms with Crippen molar-refractivity contribution in [1.29, 1.82) is 0 Å². The monoisotopic (exact) mass is 503 g/mol. The van der Waals surface area contributed by atoms with Crippen LogP contribution in [0.4, 0.5) is 23.7 Å². The predicted molar refractivity (Wildman–Crippen MR) is 125 cm³/mol. The topological polar surface area (TPSA) is 29.5 Å². The van der Waals surface area contributed by atoms with E-state index in [9.17, 15) is 18.0 Å². The SMILES string of the molecule is CC.CC.Cc1ccc(Br)cc1N(Cc1ccc(C(F)(F)F)cc1)C(=O)OC(C)(C)C. The Balaban J connectivity index is 0.00000212. The Labute approximate surface area is 192 Å². The first-order valence-electron chi connectivity index (χ1n) is 10.3. The normalized spacial score (nSPS) is 10.8. The lowest BCUT2D eigenvalue weighted by molar-refractivity contribution is -0.137. The number of anilines is 1. The summed E-state index contributed by atoms with van der Waals surface area (Å²) < 4.78 is 44.6. The molecule has 0 spiro atoms. The molecule has 1 amide bonds. The molecule has 0 aromatic heterocycles. The number of halogens is 4. The van der Waals surface area contributed by atoms with Gasteiger partial charge in [0, 0.05) is 4.47 Å². The molecule has 0 fully saturated rings. The summed E-state index contributed by atoms with van der Waals surface area (Å²) in [6, 6.07) is 10.2. The molecule has 31 heavy (non-hydrogen) atoms. The van der Waals surface area contributed by atoms with Gasteiger partial charge < -0.3 is 4.74 Å². The van der Waals surface area contributed by atoms with Gasteiger partial charge in [0.15, 0.2) is 0 Å². The van der Waals surface area contributed by atoms with E-state index in [0.29, 0.717) is 11.3 Å². The van der Waals surface area contributed by atoms with Gasteiger partial charge in [-0.15, -0.1) is 0 Å². The summed E-state index contributed by atoms with van der Waals surface area (Å²) in [7, 11) is 0. The third kappa shape index (κ3) is 9.76. The van der Waals surface area contributed by atoms with Crippen LogP contribution in [0, 0.1) is 6.92 Å². The zero-order chi connectivity index (χ0) is 24.4. The molecule has 0 aliphatic carbocycles. The zero-order valence-corrected chi connectivity index (χ0v) is 21.1. The average molecular weight is 504 g/mol. The predicted octanol–water partition coefficient (Wildman–Crippen LogP) is 8.77. The van der Waals surface area contributed by atoms with E-state index >= 15 is 0 Å². The lowest BCUT2D eigenvalue weighted by atomic mass is 10.1. The van der Waals surface area contributed by atoms with Crippen LogP contribution in [0.25, 0.3) is 0 Å². The molecule has 2 rings (SSSR count). The Bertz CT molecular complexity index is 813. The molecule has 0 atom stereocenters. The highest BCUT2D eigenvalue weighted by Gasteiger charge is 2.30. The van der Waals surface area contributed by atoms with Crippen LogP contribution in [-0.4, -0.2) is 11.7 Å². The Kier molecular flexibility index (Phi) is 11.9. The van der Waals surface area contributed by atoms with Crippen molar-refractivity contribution in [3.63, 3.8) is 0 Å². The molecule has 7 heteroatoms. The van der Waals surface area contributed by atoms with Crippen molar-refractivity contribution in [3.05, 3.63) is 63.6 Å². The second-order valence-corrected chi connectivity index (χ2v) is 8.11. The summed E-state index contributed by atoms with van der Waals surface area (Å²) in [4.78, 5) is 14.2. The summed E-state index contributed by atoms with van der Waals surface area (Å²) in [6.45, 7) is 15.2. The maximum atomic E-state index is 12.8. The number of hydrogen-bond donors (Lipinski definition) is 0. The number of aryl methyl sites for hydroxylation is 1. The van der Waals surface area contributed by atoms with Crippen molar-refractivity contribution < 1.29 is 22.7 Å². The highest BCUT2D eigenvalue weighted by molar-refractivity contribution is 9.10. The van der Waals surface area contributed by atoms with Crippen LogP contribution in [0.15, 0.2) is 46.9 Å². The van der Waals surface area contributed by atoms with E-state index in [4.69, 9.17) is 4.74 Å². The number of hydrogen-bond acceptors (Lipinski definition) is 2. The summed E-state index contributed by atoms with van der Waals surface area (Å²) in [5.41, 5.74) is 0.603. The quantitative estimate of drug-likeness (QED) is 0.418. The van der Waals surface area contributed by atoms with Gasteiger partial charge in [-0.2, -0.15) is 13.2 Å². The first-order valence-corrected chi connectivity index (χ1v) is 11.1. The fraction of sp³-hybridized carbons (Fsp3) is 0.458. The Morgan fingerprint density at radius 1 is 0.968 bits per heavy atom. The van der Waals surface area contributed by atoms with Crippen molar-refractivity contribution in [2.45, 2.75) is 73.7 Å². The highest BCUT2D eigenvalue weighted by Crippen LogP contribution is 2.31. The van der Waals surface area contributed by atoms with Crippen LogP contribution < -0.4 is 4.90 Å². The number of carbonyl (C=O) groups excluding carboxylic acids is 1. The smallest absolute Gasteiger partial charge is 0.416 e. The van der Waals surface area contributed by atoms with Crippen molar-refractivity contribution in [3.8, 4) is 0 Å². The van der Waals surface area contributed by atoms with Gasteiger partial charge in [-0.3, -0.25) is 4.90 Å². The van der Waals surface area contributed by atoms with Crippen molar-refractivity contribution >= 4 is 27.7 Å². The Morgan fingerprint density at radius 2 is 1.48 bits per heavy atom. The molecule has 174 valence electrons. The van der Waals surface area contributed by atoms with Crippen LogP contribution in [0.3, 0.4) is 0 Å². The fourth-order valence-corrected chi connectivity index (χ4v) is 2.77.